The smallest absolute Gasteiger partial charge is 0.150 e. The average molecular weight is 270 g/mol. The molecule has 0 spiro atoms. The number of sulfone groups is 1. The summed E-state index contributed by atoms with van der Waals surface area (Å²) in [4.78, 5) is 0. The fourth-order valence-corrected chi connectivity index (χ4v) is 4.17. The zero-order valence-electron chi connectivity index (χ0n) is 9.35. The molecule has 2 aliphatic rings. The molecule has 2 rings (SSSR count). The molecule has 0 aromatic rings. The Kier molecular flexibility index (Phi) is 5.50. The van der Waals surface area contributed by atoms with Gasteiger partial charge in [-0.1, -0.05) is 0 Å². The van der Waals surface area contributed by atoms with Gasteiger partial charge in [-0.2, -0.15) is 0 Å². The molecule has 4 nitrogen and oxygen atoms in total. The van der Waals surface area contributed by atoms with Crippen LogP contribution in [0.15, 0.2) is 0 Å². The number of hydrogen-bond acceptors (Lipinski definition) is 4. The van der Waals surface area contributed by atoms with Crippen LogP contribution < -0.4 is 5.32 Å². The summed E-state index contributed by atoms with van der Waals surface area (Å²) in [5.74, 6) is 1.02. The number of nitrogens with one attached hydrogen (secondary N) is 1. The van der Waals surface area contributed by atoms with Gasteiger partial charge in [0.15, 0.2) is 9.84 Å². The summed E-state index contributed by atoms with van der Waals surface area (Å²) >= 11 is 0. The third-order valence-electron chi connectivity index (χ3n) is 3.12. The number of hydrogen-bond donors (Lipinski definition) is 1. The van der Waals surface area contributed by atoms with Crippen molar-refractivity contribution in [2.75, 3.05) is 24.7 Å². The second kappa shape index (κ2) is 6.19. The summed E-state index contributed by atoms with van der Waals surface area (Å²) in [6, 6.07) is 0. The SMILES string of the molecule is Cl.O=S1(=O)CCCC(CC2NCCCO2)C1. The lowest BCUT2D eigenvalue weighted by atomic mass is 10.0. The highest BCUT2D eigenvalue weighted by Crippen LogP contribution is 2.23. The highest BCUT2D eigenvalue weighted by Gasteiger charge is 2.27. The summed E-state index contributed by atoms with van der Waals surface area (Å²) in [5, 5.41) is 3.28. The first kappa shape index (κ1) is 14.2. The number of ether oxygens (including phenoxy) is 1. The normalized spacial score (nSPS) is 34.0. The molecule has 2 fully saturated rings. The molecule has 0 amide bonds. The molecule has 16 heavy (non-hydrogen) atoms. The first-order valence-corrected chi connectivity index (χ1v) is 7.53. The van der Waals surface area contributed by atoms with Gasteiger partial charge in [-0.3, -0.25) is 5.32 Å². The minimum Gasteiger partial charge on any atom is -0.363 e. The fourth-order valence-electron chi connectivity index (χ4n) is 2.38. The van der Waals surface area contributed by atoms with E-state index in [1.165, 1.54) is 0 Å². The van der Waals surface area contributed by atoms with E-state index < -0.39 is 9.84 Å². The second-order valence-corrected chi connectivity index (χ2v) is 6.75. The largest absolute Gasteiger partial charge is 0.363 e. The van der Waals surface area contributed by atoms with Crippen LogP contribution in [0.5, 0.6) is 0 Å². The molecule has 0 aromatic carbocycles. The van der Waals surface area contributed by atoms with Gasteiger partial charge in [-0.25, -0.2) is 8.42 Å². The molecule has 0 bridgehead atoms. The van der Waals surface area contributed by atoms with Crippen molar-refractivity contribution < 1.29 is 13.2 Å². The molecule has 2 atom stereocenters. The third-order valence-corrected chi connectivity index (χ3v) is 5.01. The van der Waals surface area contributed by atoms with E-state index in [1.807, 2.05) is 0 Å². The van der Waals surface area contributed by atoms with E-state index in [4.69, 9.17) is 4.74 Å². The topological polar surface area (TPSA) is 55.4 Å². The zero-order valence-corrected chi connectivity index (χ0v) is 11.0. The van der Waals surface area contributed by atoms with E-state index in [1.54, 1.807) is 0 Å². The summed E-state index contributed by atoms with van der Waals surface area (Å²) in [6.07, 6.45) is 3.83. The van der Waals surface area contributed by atoms with Gasteiger partial charge in [0, 0.05) is 6.61 Å². The second-order valence-electron chi connectivity index (χ2n) is 4.53. The van der Waals surface area contributed by atoms with Crippen LogP contribution in [0.2, 0.25) is 0 Å². The molecule has 1 N–H and O–H groups in total. The van der Waals surface area contributed by atoms with Gasteiger partial charge in [0.05, 0.1) is 11.5 Å². The Hall–Kier alpha value is 0.160. The molecule has 2 unspecified atom stereocenters. The summed E-state index contributed by atoms with van der Waals surface area (Å²) in [5.41, 5.74) is 0. The molecule has 2 aliphatic heterocycles. The van der Waals surface area contributed by atoms with Crippen LogP contribution in [0.4, 0.5) is 0 Å². The van der Waals surface area contributed by atoms with E-state index in [-0.39, 0.29) is 18.6 Å². The van der Waals surface area contributed by atoms with E-state index in [2.05, 4.69) is 5.32 Å². The quantitative estimate of drug-likeness (QED) is 0.811. The minimum atomic E-state index is -2.77. The predicted octanol–water partition coefficient (Wildman–Crippen LogP) is 0.959. The van der Waals surface area contributed by atoms with Crippen LogP contribution in [0.3, 0.4) is 0 Å². The van der Waals surface area contributed by atoms with Crippen LogP contribution in [-0.4, -0.2) is 39.3 Å². The molecule has 2 saturated heterocycles. The van der Waals surface area contributed by atoms with Gasteiger partial charge in [-0.05, 0) is 38.1 Å². The van der Waals surface area contributed by atoms with Crippen molar-refractivity contribution in [3.8, 4) is 0 Å². The molecule has 0 aromatic heterocycles. The van der Waals surface area contributed by atoms with Crippen LogP contribution in [-0.2, 0) is 14.6 Å². The summed E-state index contributed by atoms with van der Waals surface area (Å²) in [6.45, 7) is 1.79. The lowest BCUT2D eigenvalue weighted by molar-refractivity contribution is -0.0125. The van der Waals surface area contributed by atoms with Crippen molar-refractivity contribution in [2.45, 2.75) is 31.9 Å². The Labute approximate surface area is 103 Å². The Bertz CT molecular complexity index is 301. The van der Waals surface area contributed by atoms with Crippen LogP contribution in [0.1, 0.15) is 25.7 Å². The first-order chi connectivity index (χ1) is 7.16. The molecule has 2 heterocycles. The standard InChI is InChI=1S/C10H19NO3S.ClH/c12-15(13)6-1-3-9(8-15)7-10-11-4-2-5-14-10;/h9-11H,1-8H2;1H. The Morgan fingerprint density at radius 1 is 1.31 bits per heavy atom. The summed E-state index contributed by atoms with van der Waals surface area (Å²) in [7, 11) is -2.77. The van der Waals surface area contributed by atoms with Crippen molar-refractivity contribution >= 4 is 22.2 Å². The average Bonchev–Trinajstić information content (AvgIpc) is 2.17. The van der Waals surface area contributed by atoms with Crippen LogP contribution >= 0.6 is 12.4 Å². The van der Waals surface area contributed by atoms with Crippen molar-refractivity contribution in [3.05, 3.63) is 0 Å². The van der Waals surface area contributed by atoms with E-state index in [9.17, 15) is 8.42 Å². The van der Waals surface area contributed by atoms with Crippen LogP contribution in [0, 0.1) is 5.92 Å². The molecule has 96 valence electrons. The van der Waals surface area contributed by atoms with E-state index in [0.29, 0.717) is 17.4 Å². The zero-order chi connectivity index (χ0) is 10.7. The Balaban J connectivity index is 0.00000128. The third kappa shape index (κ3) is 4.20. The molecular formula is C10H20ClNO3S. The minimum absolute atomic E-state index is 0. The van der Waals surface area contributed by atoms with Gasteiger partial charge in [0.2, 0.25) is 0 Å². The van der Waals surface area contributed by atoms with Crippen molar-refractivity contribution in [2.24, 2.45) is 5.92 Å². The molecule has 0 aliphatic carbocycles. The lowest BCUT2D eigenvalue weighted by Crippen LogP contribution is -2.41. The summed E-state index contributed by atoms with van der Waals surface area (Å²) < 4.78 is 28.4. The molecule has 0 saturated carbocycles. The Morgan fingerprint density at radius 3 is 2.75 bits per heavy atom. The maximum Gasteiger partial charge on any atom is 0.150 e. The van der Waals surface area contributed by atoms with Crippen LogP contribution in [0.25, 0.3) is 0 Å². The molecular weight excluding hydrogens is 250 g/mol. The maximum atomic E-state index is 11.4. The van der Waals surface area contributed by atoms with Crippen molar-refractivity contribution in [1.82, 2.24) is 5.32 Å². The van der Waals surface area contributed by atoms with Crippen molar-refractivity contribution in [1.29, 1.82) is 0 Å². The first-order valence-electron chi connectivity index (χ1n) is 5.71. The highest BCUT2D eigenvalue weighted by molar-refractivity contribution is 7.91. The van der Waals surface area contributed by atoms with Gasteiger partial charge in [0.25, 0.3) is 0 Å². The van der Waals surface area contributed by atoms with E-state index in [0.717, 1.165) is 38.8 Å². The van der Waals surface area contributed by atoms with Crippen molar-refractivity contribution in [3.63, 3.8) is 0 Å². The highest BCUT2D eigenvalue weighted by atomic mass is 35.5. The lowest BCUT2D eigenvalue weighted by Gasteiger charge is -2.29. The van der Waals surface area contributed by atoms with E-state index >= 15 is 0 Å². The van der Waals surface area contributed by atoms with Gasteiger partial charge in [-0.15, -0.1) is 12.4 Å². The Morgan fingerprint density at radius 2 is 2.12 bits per heavy atom. The fraction of sp³-hybridized carbons (Fsp3) is 1.00. The van der Waals surface area contributed by atoms with Gasteiger partial charge >= 0.3 is 0 Å². The van der Waals surface area contributed by atoms with Gasteiger partial charge in [0.1, 0.15) is 6.23 Å². The molecule has 6 heteroatoms. The monoisotopic (exact) mass is 269 g/mol. The number of rotatable bonds is 2. The van der Waals surface area contributed by atoms with Gasteiger partial charge < -0.3 is 4.74 Å². The maximum absolute atomic E-state index is 11.4. The predicted molar refractivity (Wildman–Crippen MR) is 65.6 cm³/mol. The molecule has 0 radical (unpaired) electrons. The number of halogens is 1.